The largest absolute Gasteiger partial charge is 0.598 e. The van der Waals surface area contributed by atoms with Gasteiger partial charge in [0.25, 0.3) is 0 Å². The SMILES string of the molecule is CC[C@](O)(C[C@@H](N[S+]([O-])C(C)(C)C)C(C)C)OC(=O)c1cscn1. The number of rotatable bonds is 8. The standard InChI is InChI=1S/C16H28N2O4S2/c1-7-16(20,22-14(19)13-9-23-10-17-13)8-12(11(2)3)18-24(21)15(4,5)6/h9-12,18,20H,7-8H2,1-6H3/t12-,16-,24?/m1/s1. The van der Waals surface area contributed by atoms with Crippen molar-refractivity contribution in [3.63, 3.8) is 0 Å². The highest BCUT2D eigenvalue weighted by Crippen LogP contribution is 2.26. The first-order valence-corrected chi connectivity index (χ1v) is 10.1. The Balaban J connectivity index is 2.82. The zero-order valence-electron chi connectivity index (χ0n) is 15.2. The lowest BCUT2D eigenvalue weighted by molar-refractivity contribution is -0.176. The van der Waals surface area contributed by atoms with Crippen LogP contribution in [0.2, 0.25) is 0 Å². The predicted octanol–water partition coefficient (Wildman–Crippen LogP) is 2.87. The fourth-order valence-corrected chi connectivity index (χ4v) is 3.37. The van der Waals surface area contributed by atoms with Gasteiger partial charge >= 0.3 is 5.97 Å². The Morgan fingerprint density at radius 2 is 2.12 bits per heavy atom. The molecule has 6 nitrogen and oxygen atoms in total. The molecule has 1 unspecified atom stereocenters. The number of carbonyl (C=O) groups is 1. The molecule has 1 aromatic heterocycles. The summed E-state index contributed by atoms with van der Waals surface area (Å²) in [5, 5.41) is 12.3. The Bertz CT molecular complexity index is 517. The fraction of sp³-hybridized carbons (Fsp3) is 0.750. The maximum Gasteiger partial charge on any atom is 0.360 e. The van der Waals surface area contributed by atoms with Gasteiger partial charge < -0.3 is 14.4 Å². The Morgan fingerprint density at radius 1 is 1.50 bits per heavy atom. The molecule has 0 spiro atoms. The molecular weight excluding hydrogens is 348 g/mol. The summed E-state index contributed by atoms with van der Waals surface area (Å²) in [4.78, 5) is 16.0. The number of ether oxygens (including phenoxy) is 1. The van der Waals surface area contributed by atoms with Crippen LogP contribution in [0.4, 0.5) is 0 Å². The summed E-state index contributed by atoms with van der Waals surface area (Å²) >= 11 is 0.00616. The number of aliphatic hydroxyl groups is 1. The van der Waals surface area contributed by atoms with Crippen molar-refractivity contribution in [2.24, 2.45) is 5.92 Å². The molecule has 0 aliphatic carbocycles. The smallest absolute Gasteiger partial charge is 0.360 e. The van der Waals surface area contributed by atoms with Crippen LogP contribution in [-0.4, -0.2) is 37.2 Å². The number of carbonyl (C=O) groups excluding carboxylic acids is 1. The Hall–Kier alpha value is -0.670. The summed E-state index contributed by atoms with van der Waals surface area (Å²) in [7, 11) is 0. The third-order valence-electron chi connectivity index (χ3n) is 3.63. The van der Waals surface area contributed by atoms with E-state index in [-0.39, 0.29) is 30.5 Å². The minimum atomic E-state index is -1.63. The Kier molecular flexibility index (Phi) is 7.68. The molecule has 8 heteroatoms. The summed E-state index contributed by atoms with van der Waals surface area (Å²) in [5.41, 5.74) is 1.71. The molecule has 0 aliphatic heterocycles. The van der Waals surface area contributed by atoms with Crippen LogP contribution < -0.4 is 4.72 Å². The van der Waals surface area contributed by atoms with Crippen molar-refractivity contribution in [1.29, 1.82) is 0 Å². The lowest BCUT2D eigenvalue weighted by Crippen LogP contribution is -2.50. The van der Waals surface area contributed by atoms with Gasteiger partial charge in [-0.3, -0.25) is 0 Å². The highest BCUT2D eigenvalue weighted by atomic mass is 32.2. The lowest BCUT2D eigenvalue weighted by Gasteiger charge is -2.34. The molecule has 0 radical (unpaired) electrons. The van der Waals surface area contributed by atoms with E-state index >= 15 is 0 Å². The number of hydrogen-bond acceptors (Lipinski definition) is 7. The average molecular weight is 377 g/mol. The van der Waals surface area contributed by atoms with Gasteiger partial charge in [0.2, 0.25) is 5.79 Å². The highest BCUT2D eigenvalue weighted by Gasteiger charge is 2.38. The second-order valence-corrected chi connectivity index (χ2v) is 9.83. The lowest BCUT2D eigenvalue weighted by atomic mass is 9.95. The van der Waals surface area contributed by atoms with E-state index in [0.717, 1.165) is 0 Å². The van der Waals surface area contributed by atoms with Crippen LogP contribution in [0.15, 0.2) is 10.9 Å². The first-order valence-electron chi connectivity index (χ1n) is 8.00. The minimum absolute atomic E-state index is 0.104. The second-order valence-electron chi connectivity index (χ2n) is 7.12. The molecule has 3 atom stereocenters. The van der Waals surface area contributed by atoms with E-state index in [4.69, 9.17) is 4.74 Å². The summed E-state index contributed by atoms with van der Waals surface area (Å²) in [5.74, 6) is -2.18. The molecular formula is C16H28N2O4S2. The molecule has 24 heavy (non-hydrogen) atoms. The van der Waals surface area contributed by atoms with Crippen molar-refractivity contribution in [3.8, 4) is 0 Å². The molecule has 0 saturated carbocycles. The van der Waals surface area contributed by atoms with Crippen LogP contribution in [0.5, 0.6) is 0 Å². The average Bonchev–Trinajstić information content (AvgIpc) is 2.99. The van der Waals surface area contributed by atoms with Crippen molar-refractivity contribution < 1.29 is 19.2 Å². The van der Waals surface area contributed by atoms with Crippen molar-refractivity contribution >= 4 is 28.7 Å². The van der Waals surface area contributed by atoms with Gasteiger partial charge in [-0.2, -0.15) is 0 Å². The molecule has 0 fully saturated rings. The zero-order valence-corrected chi connectivity index (χ0v) is 16.8. The van der Waals surface area contributed by atoms with Gasteiger partial charge in [-0.15, -0.1) is 16.1 Å². The number of thiazole rings is 1. The molecule has 0 aliphatic rings. The van der Waals surface area contributed by atoms with Crippen LogP contribution in [-0.2, 0) is 16.1 Å². The summed E-state index contributed by atoms with van der Waals surface area (Å²) in [6.45, 7) is 11.3. The Labute approximate surface area is 151 Å². The summed E-state index contributed by atoms with van der Waals surface area (Å²) in [6, 6.07) is -0.266. The van der Waals surface area contributed by atoms with E-state index in [1.807, 2.05) is 34.6 Å². The third-order valence-corrected chi connectivity index (χ3v) is 5.85. The topological polar surface area (TPSA) is 94.5 Å². The maximum atomic E-state index is 12.4. The first kappa shape index (κ1) is 21.4. The number of nitrogens with one attached hydrogen (secondary N) is 1. The molecule has 138 valence electrons. The van der Waals surface area contributed by atoms with E-state index in [9.17, 15) is 14.5 Å². The van der Waals surface area contributed by atoms with Gasteiger partial charge in [0.05, 0.1) is 11.6 Å². The van der Waals surface area contributed by atoms with Gasteiger partial charge in [-0.25, -0.2) is 9.78 Å². The van der Waals surface area contributed by atoms with Gasteiger partial charge in [0.1, 0.15) is 4.75 Å². The third kappa shape index (κ3) is 6.33. The molecule has 0 amide bonds. The van der Waals surface area contributed by atoms with Crippen LogP contribution >= 0.6 is 11.3 Å². The maximum absolute atomic E-state index is 12.4. The van der Waals surface area contributed by atoms with E-state index in [1.54, 1.807) is 12.3 Å². The molecule has 1 rings (SSSR count). The van der Waals surface area contributed by atoms with Crippen LogP contribution in [0.3, 0.4) is 0 Å². The summed E-state index contributed by atoms with van der Waals surface area (Å²) in [6.07, 6.45) is 0.384. The van der Waals surface area contributed by atoms with Crippen molar-refractivity contribution in [3.05, 3.63) is 16.6 Å². The van der Waals surface area contributed by atoms with Crippen molar-refractivity contribution in [2.45, 2.75) is 71.0 Å². The molecule has 2 N–H and O–H groups in total. The zero-order chi connectivity index (χ0) is 18.5. The van der Waals surface area contributed by atoms with E-state index in [2.05, 4.69) is 9.71 Å². The van der Waals surface area contributed by atoms with E-state index < -0.39 is 27.9 Å². The van der Waals surface area contributed by atoms with Gasteiger partial charge in [-0.05, 0) is 26.7 Å². The molecule has 1 aromatic rings. The minimum Gasteiger partial charge on any atom is -0.598 e. The van der Waals surface area contributed by atoms with Crippen LogP contribution in [0.25, 0.3) is 0 Å². The monoisotopic (exact) mass is 376 g/mol. The Morgan fingerprint density at radius 3 is 2.54 bits per heavy atom. The van der Waals surface area contributed by atoms with Gasteiger partial charge in [0.15, 0.2) is 5.69 Å². The highest BCUT2D eigenvalue weighted by molar-refractivity contribution is 7.90. The van der Waals surface area contributed by atoms with Crippen LogP contribution in [0, 0.1) is 5.92 Å². The fourth-order valence-electron chi connectivity index (χ4n) is 1.87. The second kappa shape index (κ2) is 8.62. The summed E-state index contributed by atoms with van der Waals surface area (Å²) < 4.78 is 20.3. The van der Waals surface area contributed by atoms with Gasteiger partial charge in [-0.1, -0.05) is 20.8 Å². The molecule has 0 aromatic carbocycles. The molecule has 0 saturated heterocycles. The number of aromatic nitrogens is 1. The normalized spacial score (nSPS) is 17.4. The quantitative estimate of drug-likeness (QED) is 0.411. The molecule has 1 heterocycles. The van der Waals surface area contributed by atoms with Crippen LogP contribution in [0.1, 0.15) is 64.9 Å². The van der Waals surface area contributed by atoms with Crippen molar-refractivity contribution in [1.82, 2.24) is 9.71 Å². The van der Waals surface area contributed by atoms with Crippen molar-refractivity contribution in [2.75, 3.05) is 0 Å². The predicted molar refractivity (Wildman–Crippen MR) is 97.0 cm³/mol. The first-order chi connectivity index (χ1) is 11.0. The number of nitrogens with zero attached hydrogens (tertiary/aromatic N) is 1. The van der Waals surface area contributed by atoms with Gasteiger partial charge in [0, 0.05) is 29.6 Å². The number of esters is 1. The van der Waals surface area contributed by atoms with E-state index in [0.29, 0.717) is 0 Å². The molecule has 0 bridgehead atoms. The van der Waals surface area contributed by atoms with E-state index in [1.165, 1.54) is 16.8 Å². The number of hydrogen-bond donors (Lipinski definition) is 2.